The largest absolute Gasteiger partial charge is 0.490 e. The monoisotopic (exact) mass is 477 g/mol. The number of nitrogens with one attached hydrogen (secondary N) is 2. The number of imide groups is 1. The lowest BCUT2D eigenvalue weighted by atomic mass is 9.89. The van der Waals surface area contributed by atoms with Gasteiger partial charge in [-0.3, -0.25) is 24.6 Å². The van der Waals surface area contributed by atoms with Crippen molar-refractivity contribution >= 4 is 29.4 Å². The number of carbonyl (C=O) groups excluding carboxylic acids is 2. The number of alkyl halides is 3. The molecule has 1 atom stereocenters. The Balaban J connectivity index is 0.000000479. The molecule has 2 amide bonds. The molecule has 182 valence electrons. The van der Waals surface area contributed by atoms with Crippen LogP contribution in [0.3, 0.4) is 0 Å². The highest BCUT2D eigenvalue weighted by Crippen LogP contribution is 2.31. The molecule has 0 saturated carbocycles. The van der Waals surface area contributed by atoms with E-state index in [1.807, 2.05) is 4.90 Å². The minimum atomic E-state index is -5.08. The minimum absolute atomic E-state index is 0.0179. The molecule has 0 radical (unpaired) electrons. The summed E-state index contributed by atoms with van der Waals surface area (Å²) in [5.41, 5.74) is 1.12. The zero-order valence-electron chi connectivity index (χ0n) is 17.3. The van der Waals surface area contributed by atoms with E-state index in [1.165, 1.54) is 6.07 Å². The molecule has 2 heterocycles. The van der Waals surface area contributed by atoms with Gasteiger partial charge in [0.1, 0.15) is 11.9 Å². The lowest BCUT2D eigenvalue weighted by molar-refractivity contribution is -0.192. The highest BCUT2D eigenvalue weighted by atomic mass is 19.4. The van der Waals surface area contributed by atoms with Gasteiger partial charge in [0, 0.05) is 12.1 Å². The molecule has 9 nitrogen and oxygen atoms in total. The molecule has 0 aromatic heterocycles. The third-order valence-corrected chi connectivity index (χ3v) is 5.21. The van der Waals surface area contributed by atoms with Gasteiger partial charge in [0.2, 0.25) is 11.8 Å². The molecular formula is C20H23F4N3O6. The van der Waals surface area contributed by atoms with Gasteiger partial charge in [-0.2, -0.15) is 13.2 Å². The Labute approximate surface area is 185 Å². The maximum absolute atomic E-state index is 14.6. The van der Waals surface area contributed by atoms with Gasteiger partial charge in [0.15, 0.2) is 0 Å². The number of carboxylic acids is 2. The highest BCUT2D eigenvalue weighted by Gasteiger charge is 2.38. The maximum atomic E-state index is 14.6. The molecule has 0 spiro atoms. The average molecular weight is 477 g/mol. The van der Waals surface area contributed by atoms with E-state index in [0.717, 1.165) is 0 Å². The second-order valence-electron chi connectivity index (χ2n) is 7.63. The van der Waals surface area contributed by atoms with Gasteiger partial charge in [0.05, 0.1) is 6.54 Å². The van der Waals surface area contributed by atoms with E-state index < -0.39 is 30.1 Å². The summed E-state index contributed by atoms with van der Waals surface area (Å²) < 4.78 is 46.3. The number of carbonyl (C=O) groups is 4. The molecule has 4 N–H and O–H groups in total. The summed E-state index contributed by atoms with van der Waals surface area (Å²) in [6, 6.07) is 4.30. The molecule has 1 unspecified atom stereocenters. The first-order valence-electron chi connectivity index (χ1n) is 10.0. The highest BCUT2D eigenvalue weighted by molar-refractivity contribution is 6.01. The topological polar surface area (TPSA) is 136 Å². The average Bonchev–Trinajstić information content (AvgIpc) is 2.70. The summed E-state index contributed by atoms with van der Waals surface area (Å²) >= 11 is 0. The van der Waals surface area contributed by atoms with Crippen LogP contribution in [0.2, 0.25) is 0 Å². The second kappa shape index (κ2) is 11.1. The van der Waals surface area contributed by atoms with Gasteiger partial charge in [-0.15, -0.1) is 0 Å². The fraction of sp³-hybridized carbons (Fsp3) is 0.500. The predicted octanol–water partition coefficient (Wildman–Crippen LogP) is 1.94. The van der Waals surface area contributed by atoms with Gasteiger partial charge >= 0.3 is 18.1 Å². The first-order chi connectivity index (χ1) is 15.4. The number of likely N-dealkylation sites (tertiary alicyclic amines) is 1. The number of halogens is 4. The first-order valence-corrected chi connectivity index (χ1v) is 10.0. The van der Waals surface area contributed by atoms with E-state index in [9.17, 15) is 31.9 Å². The minimum Gasteiger partial charge on any atom is -0.480 e. The Morgan fingerprint density at radius 3 is 2.21 bits per heavy atom. The van der Waals surface area contributed by atoms with Gasteiger partial charge in [-0.25, -0.2) is 9.18 Å². The van der Waals surface area contributed by atoms with Crippen molar-refractivity contribution in [1.29, 1.82) is 0 Å². The van der Waals surface area contributed by atoms with Gasteiger partial charge in [0.25, 0.3) is 0 Å². The number of nitrogens with zero attached hydrogens (tertiary/aromatic N) is 1. The van der Waals surface area contributed by atoms with Crippen LogP contribution in [0.15, 0.2) is 18.2 Å². The van der Waals surface area contributed by atoms with Crippen molar-refractivity contribution in [1.82, 2.24) is 10.2 Å². The van der Waals surface area contributed by atoms with Gasteiger partial charge in [-0.05, 0) is 56.0 Å². The number of amides is 2. The SMILES string of the molecule is O=C(O)C(F)(F)F.O=C(O)CN1CCC(c2ccc(NC3CCC(=O)NC3=O)cc2F)CC1. The summed E-state index contributed by atoms with van der Waals surface area (Å²) in [5.74, 6) is -4.56. The summed E-state index contributed by atoms with van der Waals surface area (Å²) in [7, 11) is 0. The molecule has 0 bridgehead atoms. The number of benzene rings is 1. The molecule has 2 aliphatic rings. The normalized spacial score (nSPS) is 19.8. The lowest BCUT2D eigenvalue weighted by Gasteiger charge is -2.31. The van der Waals surface area contributed by atoms with Gasteiger partial charge in [-0.1, -0.05) is 6.07 Å². The molecule has 33 heavy (non-hydrogen) atoms. The van der Waals surface area contributed by atoms with E-state index in [2.05, 4.69) is 10.6 Å². The Hall–Kier alpha value is -3.22. The van der Waals surface area contributed by atoms with Crippen LogP contribution in [0, 0.1) is 5.82 Å². The third kappa shape index (κ3) is 8.00. The van der Waals surface area contributed by atoms with E-state index in [0.29, 0.717) is 43.6 Å². The molecule has 2 aliphatic heterocycles. The number of hydrogen-bond donors (Lipinski definition) is 4. The molecular weight excluding hydrogens is 454 g/mol. The van der Waals surface area contributed by atoms with Crippen LogP contribution >= 0.6 is 0 Å². The Morgan fingerprint density at radius 1 is 1.12 bits per heavy atom. The fourth-order valence-electron chi connectivity index (χ4n) is 3.57. The maximum Gasteiger partial charge on any atom is 0.490 e. The molecule has 3 rings (SSSR count). The van der Waals surface area contributed by atoms with Crippen LogP contribution in [0.5, 0.6) is 0 Å². The van der Waals surface area contributed by atoms with Crippen molar-refractivity contribution in [3.05, 3.63) is 29.6 Å². The Morgan fingerprint density at radius 2 is 1.73 bits per heavy atom. The molecule has 1 aromatic carbocycles. The van der Waals surface area contributed by atoms with E-state index in [-0.39, 0.29) is 30.6 Å². The Kier molecular flexibility index (Phi) is 8.74. The number of aliphatic carboxylic acids is 2. The number of hydrogen-bond acceptors (Lipinski definition) is 6. The zero-order valence-corrected chi connectivity index (χ0v) is 17.3. The number of carboxylic acid groups (broad SMARTS) is 2. The number of piperidine rings is 2. The van der Waals surface area contributed by atoms with Crippen molar-refractivity contribution < 1.29 is 47.0 Å². The summed E-state index contributed by atoms with van der Waals surface area (Å²) in [4.78, 5) is 44.5. The Bertz CT molecular complexity index is 900. The smallest absolute Gasteiger partial charge is 0.480 e. The van der Waals surface area contributed by atoms with Crippen molar-refractivity contribution in [2.45, 2.75) is 43.8 Å². The first kappa shape index (κ1) is 26.0. The summed E-state index contributed by atoms with van der Waals surface area (Å²) in [6.45, 7) is 1.28. The van der Waals surface area contributed by atoms with Crippen LogP contribution < -0.4 is 10.6 Å². The van der Waals surface area contributed by atoms with Crippen LogP contribution in [-0.4, -0.2) is 70.7 Å². The molecule has 1 aromatic rings. The summed E-state index contributed by atoms with van der Waals surface area (Å²) in [5, 5.41) is 21.2. The van der Waals surface area contributed by atoms with Gasteiger partial charge < -0.3 is 15.5 Å². The third-order valence-electron chi connectivity index (χ3n) is 5.21. The standard InChI is InChI=1S/C18H22FN3O4.C2HF3O2/c19-14-9-12(20-15-3-4-16(23)21-18(15)26)1-2-13(14)11-5-7-22(8-6-11)10-17(24)25;3-2(4,5)1(6)7/h1-2,9,11,15,20H,3-8,10H2,(H,24,25)(H,21,23,26);(H,6,7). The van der Waals surface area contributed by atoms with E-state index in [4.69, 9.17) is 15.0 Å². The number of anilines is 1. The van der Waals surface area contributed by atoms with Crippen molar-refractivity contribution in [3.8, 4) is 0 Å². The van der Waals surface area contributed by atoms with Crippen LogP contribution in [-0.2, 0) is 19.2 Å². The van der Waals surface area contributed by atoms with Crippen molar-refractivity contribution in [2.75, 3.05) is 25.0 Å². The molecule has 2 fully saturated rings. The fourth-order valence-corrected chi connectivity index (χ4v) is 3.57. The number of rotatable bonds is 5. The van der Waals surface area contributed by atoms with Crippen LogP contribution in [0.4, 0.5) is 23.2 Å². The molecule has 2 saturated heterocycles. The van der Waals surface area contributed by atoms with E-state index in [1.54, 1.807) is 12.1 Å². The summed E-state index contributed by atoms with van der Waals surface area (Å²) in [6.07, 6.45) is -3.01. The molecule has 0 aliphatic carbocycles. The second-order valence-corrected chi connectivity index (χ2v) is 7.63. The van der Waals surface area contributed by atoms with E-state index >= 15 is 0 Å². The molecule has 13 heteroatoms. The van der Waals surface area contributed by atoms with Crippen LogP contribution in [0.1, 0.15) is 37.2 Å². The quantitative estimate of drug-likeness (QED) is 0.373. The van der Waals surface area contributed by atoms with Crippen LogP contribution in [0.25, 0.3) is 0 Å². The zero-order chi connectivity index (χ0) is 24.8. The predicted molar refractivity (Wildman–Crippen MR) is 106 cm³/mol. The van der Waals surface area contributed by atoms with Crippen molar-refractivity contribution in [3.63, 3.8) is 0 Å². The lowest BCUT2D eigenvalue weighted by Crippen LogP contribution is -2.47. The van der Waals surface area contributed by atoms with Crippen molar-refractivity contribution in [2.24, 2.45) is 0 Å².